The Bertz CT molecular complexity index is 732. The van der Waals surface area contributed by atoms with Crippen LogP contribution in [0.5, 0.6) is 0 Å². The smallest absolute Gasteiger partial charge is 0.317 e. The monoisotopic (exact) mass is 332 g/mol. The molecular weight excluding hydrogens is 312 g/mol. The van der Waals surface area contributed by atoms with E-state index < -0.39 is 4.92 Å². The Labute approximate surface area is 139 Å². The maximum absolute atomic E-state index is 11.8. The van der Waals surface area contributed by atoms with E-state index in [-0.39, 0.29) is 11.7 Å². The molecule has 24 heavy (non-hydrogen) atoms. The Morgan fingerprint density at radius 3 is 2.67 bits per heavy atom. The van der Waals surface area contributed by atoms with Crippen LogP contribution in [0.25, 0.3) is 10.9 Å². The van der Waals surface area contributed by atoms with Gasteiger partial charge in [-0.3, -0.25) is 10.1 Å². The lowest BCUT2D eigenvalue weighted by Gasteiger charge is -2.19. The van der Waals surface area contributed by atoms with E-state index >= 15 is 0 Å². The summed E-state index contributed by atoms with van der Waals surface area (Å²) < 4.78 is 0. The minimum atomic E-state index is -0.458. The van der Waals surface area contributed by atoms with Crippen LogP contribution in [-0.2, 0) is 0 Å². The first-order chi connectivity index (χ1) is 11.6. The van der Waals surface area contributed by atoms with Crippen LogP contribution in [0.4, 0.5) is 16.3 Å². The minimum absolute atomic E-state index is 0.0183. The van der Waals surface area contributed by atoms with Gasteiger partial charge in [0.1, 0.15) is 12.1 Å². The Morgan fingerprint density at radius 1 is 1.25 bits per heavy atom. The van der Waals surface area contributed by atoms with Crippen molar-refractivity contribution in [1.82, 2.24) is 20.2 Å². The number of anilines is 1. The van der Waals surface area contributed by atoms with Gasteiger partial charge in [-0.05, 0) is 19.9 Å². The third kappa shape index (κ3) is 4.06. The van der Waals surface area contributed by atoms with Gasteiger partial charge in [0, 0.05) is 43.7 Å². The number of amides is 2. The molecule has 2 rings (SSSR count). The number of hydrogen-bond acceptors (Lipinski definition) is 6. The van der Waals surface area contributed by atoms with Crippen molar-refractivity contribution in [3.63, 3.8) is 0 Å². The van der Waals surface area contributed by atoms with Crippen LogP contribution in [0.2, 0.25) is 0 Å². The van der Waals surface area contributed by atoms with E-state index in [0.29, 0.717) is 42.9 Å². The standard InChI is InChI=1S/C15H20N6O3/c1-3-20(4-2)15(22)17-8-7-16-14-12-9-11(21(23)24)5-6-13(12)18-10-19-14/h5-6,9-10H,3-4,7-8H2,1-2H3,(H,17,22)(H,16,18,19). The summed E-state index contributed by atoms with van der Waals surface area (Å²) in [6.07, 6.45) is 1.39. The molecule has 0 bridgehead atoms. The number of nitro groups is 1. The molecule has 0 aliphatic carbocycles. The van der Waals surface area contributed by atoms with E-state index in [1.54, 1.807) is 11.0 Å². The van der Waals surface area contributed by atoms with Crippen molar-refractivity contribution < 1.29 is 9.72 Å². The van der Waals surface area contributed by atoms with Crippen molar-refractivity contribution in [2.45, 2.75) is 13.8 Å². The fourth-order valence-corrected chi connectivity index (χ4v) is 2.27. The highest BCUT2D eigenvalue weighted by Gasteiger charge is 2.11. The predicted molar refractivity (Wildman–Crippen MR) is 91.0 cm³/mol. The topological polar surface area (TPSA) is 113 Å². The van der Waals surface area contributed by atoms with E-state index in [9.17, 15) is 14.9 Å². The molecule has 2 N–H and O–H groups in total. The Kier molecular flexibility index (Phi) is 5.83. The molecule has 1 aromatic heterocycles. The highest BCUT2D eigenvalue weighted by atomic mass is 16.6. The molecule has 1 heterocycles. The van der Waals surface area contributed by atoms with E-state index in [4.69, 9.17) is 0 Å². The van der Waals surface area contributed by atoms with E-state index in [1.807, 2.05) is 13.8 Å². The zero-order valence-electron chi connectivity index (χ0n) is 13.7. The molecule has 0 aliphatic heterocycles. The van der Waals surface area contributed by atoms with Crippen molar-refractivity contribution in [2.24, 2.45) is 0 Å². The SMILES string of the molecule is CCN(CC)C(=O)NCCNc1ncnc2ccc([N+](=O)[O-])cc12. The molecule has 0 saturated carbocycles. The van der Waals surface area contributed by atoms with Gasteiger partial charge in [-0.15, -0.1) is 0 Å². The number of urea groups is 1. The maximum atomic E-state index is 11.8. The number of nitrogens with one attached hydrogen (secondary N) is 2. The zero-order valence-corrected chi connectivity index (χ0v) is 13.7. The quantitative estimate of drug-likeness (QED) is 0.455. The lowest BCUT2D eigenvalue weighted by molar-refractivity contribution is -0.384. The van der Waals surface area contributed by atoms with Crippen LogP contribution in [0, 0.1) is 10.1 Å². The van der Waals surface area contributed by atoms with Gasteiger partial charge in [-0.1, -0.05) is 0 Å². The number of hydrogen-bond donors (Lipinski definition) is 2. The summed E-state index contributed by atoms with van der Waals surface area (Å²) in [5, 5.41) is 17.4. The van der Waals surface area contributed by atoms with Gasteiger partial charge < -0.3 is 15.5 Å². The molecule has 0 fully saturated rings. The van der Waals surface area contributed by atoms with Gasteiger partial charge in [0.2, 0.25) is 0 Å². The number of carbonyl (C=O) groups excluding carboxylic acids is 1. The van der Waals surface area contributed by atoms with E-state index in [2.05, 4.69) is 20.6 Å². The molecule has 128 valence electrons. The average molecular weight is 332 g/mol. The first-order valence-corrected chi connectivity index (χ1v) is 7.72. The molecule has 0 aliphatic rings. The molecule has 9 heteroatoms. The van der Waals surface area contributed by atoms with Crippen molar-refractivity contribution >= 4 is 28.4 Å². The molecular formula is C15H20N6O3. The molecule has 0 radical (unpaired) electrons. The number of fused-ring (bicyclic) bond motifs is 1. The third-order valence-electron chi connectivity index (χ3n) is 3.57. The molecule has 2 aromatic rings. The molecule has 0 unspecified atom stereocenters. The van der Waals surface area contributed by atoms with Crippen molar-refractivity contribution in [3.8, 4) is 0 Å². The molecule has 2 amide bonds. The minimum Gasteiger partial charge on any atom is -0.368 e. The molecule has 0 atom stereocenters. The summed E-state index contributed by atoms with van der Waals surface area (Å²) in [6, 6.07) is 4.31. The van der Waals surface area contributed by atoms with Crippen LogP contribution in [0.15, 0.2) is 24.5 Å². The summed E-state index contributed by atoms with van der Waals surface area (Å²) in [5.41, 5.74) is 0.598. The number of rotatable bonds is 7. The van der Waals surface area contributed by atoms with Crippen LogP contribution in [0.3, 0.4) is 0 Å². The summed E-state index contributed by atoms with van der Waals surface area (Å²) in [4.78, 5) is 32.2. The number of carbonyl (C=O) groups is 1. The van der Waals surface area contributed by atoms with Gasteiger partial charge in [-0.25, -0.2) is 14.8 Å². The maximum Gasteiger partial charge on any atom is 0.317 e. The third-order valence-corrected chi connectivity index (χ3v) is 3.57. The van der Waals surface area contributed by atoms with Gasteiger partial charge >= 0.3 is 6.03 Å². The summed E-state index contributed by atoms with van der Waals surface area (Å²) in [5.74, 6) is 0.501. The second-order valence-corrected chi connectivity index (χ2v) is 5.01. The van der Waals surface area contributed by atoms with Gasteiger partial charge in [0.05, 0.1) is 10.4 Å². The number of non-ortho nitro benzene ring substituents is 1. The van der Waals surface area contributed by atoms with Crippen molar-refractivity contribution in [1.29, 1.82) is 0 Å². The fraction of sp³-hybridized carbons (Fsp3) is 0.400. The first-order valence-electron chi connectivity index (χ1n) is 7.72. The van der Waals surface area contributed by atoms with Crippen LogP contribution in [-0.4, -0.2) is 52.0 Å². The molecule has 9 nitrogen and oxygen atoms in total. The predicted octanol–water partition coefficient (Wildman–Crippen LogP) is 2.00. The summed E-state index contributed by atoms with van der Waals surface area (Å²) >= 11 is 0. The Balaban J connectivity index is 2.01. The highest BCUT2D eigenvalue weighted by molar-refractivity contribution is 5.90. The van der Waals surface area contributed by atoms with E-state index in [1.165, 1.54) is 18.5 Å². The Hall–Kier alpha value is -2.97. The second-order valence-electron chi connectivity index (χ2n) is 5.01. The zero-order chi connectivity index (χ0) is 17.5. The van der Waals surface area contributed by atoms with Gasteiger partial charge in [0.15, 0.2) is 0 Å². The molecule has 0 saturated heterocycles. The van der Waals surface area contributed by atoms with Crippen molar-refractivity contribution in [2.75, 3.05) is 31.5 Å². The average Bonchev–Trinajstić information content (AvgIpc) is 2.59. The van der Waals surface area contributed by atoms with Crippen LogP contribution in [0.1, 0.15) is 13.8 Å². The van der Waals surface area contributed by atoms with Gasteiger partial charge in [0.25, 0.3) is 5.69 Å². The van der Waals surface area contributed by atoms with Crippen molar-refractivity contribution in [3.05, 3.63) is 34.6 Å². The molecule has 1 aromatic carbocycles. The normalized spacial score (nSPS) is 10.4. The largest absolute Gasteiger partial charge is 0.368 e. The van der Waals surface area contributed by atoms with Crippen LogP contribution >= 0.6 is 0 Å². The van der Waals surface area contributed by atoms with Crippen LogP contribution < -0.4 is 10.6 Å². The fourth-order valence-electron chi connectivity index (χ4n) is 2.27. The number of aromatic nitrogens is 2. The highest BCUT2D eigenvalue weighted by Crippen LogP contribution is 2.23. The summed E-state index contributed by atoms with van der Waals surface area (Å²) in [6.45, 7) is 5.99. The van der Waals surface area contributed by atoms with E-state index in [0.717, 1.165) is 0 Å². The number of benzene rings is 1. The molecule has 0 spiro atoms. The first kappa shape index (κ1) is 17.4. The number of nitro benzene ring substituents is 1. The number of nitrogens with zero attached hydrogens (tertiary/aromatic N) is 4. The Morgan fingerprint density at radius 2 is 2.00 bits per heavy atom. The lowest BCUT2D eigenvalue weighted by Crippen LogP contribution is -2.41. The van der Waals surface area contributed by atoms with Gasteiger partial charge in [-0.2, -0.15) is 0 Å². The second kappa shape index (κ2) is 8.04. The summed E-state index contributed by atoms with van der Waals surface area (Å²) in [7, 11) is 0. The lowest BCUT2D eigenvalue weighted by atomic mass is 10.2.